The number of likely N-dealkylation sites (tertiary alicyclic amines) is 1. The smallest absolute Gasteiger partial charge is 0.260 e. The van der Waals surface area contributed by atoms with Crippen molar-refractivity contribution in [2.24, 2.45) is 11.7 Å². The largest absolute Gasteiger partial charge is 0.484 e. The van der Waals surface area contributed by atoms with Gasteiger partial charge in [0.1, 0.15) is 5.75 Å². The highest BCUT2D eigenvalue weighted by Gasteiger charge is 2.18. The van der Waals surface area contributed by atoms with Gasteiger partial charge >= 0.3 is 0 Å². The fraction of sp³-hybridized carbons (Fsp3) is 0.500. The van der Waals surface area contributed by atoms with Gasteiger partial charge in [0.15, 0.2) is 6.61 Å². The topological polar surface area (TPSA) is 84.7 Å². The van der Waals surface area contributed by atoms with Crippen LogP contribution in [0.3, 0.4) is 0 Å². The minimum Gasteiger partial charge on any atom is -0.484 e. The van der Waals surface area contributed by atoms with Crippen molar-refractivity contribution in [2.45, 2.75) is 19.8 Å². The Labute approximate surface area is 142 Å². The van der Waals surface area contributed by atoms with Gasteiger partial charge in [0.05, 0.1) is 0 Å². The average Bonchev–Trinajstić information content (AvgIpc) is 3.06. The SMILES string of the molecule is CC(CN)C(=O)Nc1cccc(OCC(=O)N2CCCC2)c1.Cl. The van der Waals surface area contributed by atoms with Gasteiger partial charge in [-0.15, -0.1) is 12.4 Å². The summed E-state index contributed by atoms with van der Waals surface area (Å²) in [7, 11) is 0. The number of rotatable bonds is 6. The molecule has 6 nitrogen and oxygen atoms in total. The summed E-state index contributed by atoms with van der Waals surface area (Å²) in [6.45, 7) is 3.72. The Balaban J connectivity index is 0.00000264. The van der Waals surface area contributed by atoms with Crippen LogP contribution in [-0.4, -0.2) is 43.0 Å². The third-order valence-electron chi connectivity index (χ3n) is 3.72. The van der Waals surface area contributed by atoms with Crippen LogP contribution < -0.4 is 15.8 Å². The van der Waals surface area contributed by atoms with Gasteiger partial charge in [-0.2, -0.15) is 0 Å². The number of nitrogens with zero attached hydrogens (tertiary/aromatic N) is 1. The number of halogens is 1. The van der Waals surface area contributed by atoms with Crippen molar-refractivity contribution in [1.82, 2.24) is 4.90 Å². The van der Waals surface area contributed by atoms with Crippen LogP contribution in [0, 0.1) is 5.92 Å². The Bertz CT molecular complexity index is 533. The summed E-state index contributed by atoms with van der Waals surface area (Å²) in [5.41, 5.74) is 6.11. The Kier molecular flexibility index (Phi) is 7.85. The van der Waals surface area contributed by atoms with E-state index in [9.17, 15) is 9.59 Å². The van der Waals surface area contributed by atoms with Gasteiger partial charge in [0.2, 0.25) is 5.91 Å². The highest BCUT2D eigenvalue weighted by atomic mass is 35.5. The zero-order valence-corrected chi connectivity index (χ0v) is 14.1. The van der Waals surface area contributed by atoms with E-state index in [0.29, 0.717) is 18.0 Å². The fourth-order valence-corrected chi connectivity index (χ4v) is 2.24. The van der Waals surface area contributed by atoms with Crippen molar-refractivity contribution in [3.05, 3.63) is 24.3 Å². The summed E-state index contributed by atoms with van der Waals surface area (Å²) in [6, 6.07) is 7.02. The Morgan fingerprint density at radius 2 is 2.04 bits per heavy atom. The molecule has 0 saturated carbocycles. The van der Waals surface area contributed by atoms with Crippen LogP contribution in [0.1, 0.15) is 19.8 Å². The molecule has 128 valence electrons. The third-order valence-corrected chi connectivity index (χ3v) is 3.72. The molecule has 1 atom stereocenters. The molecule has 1 aromatic rings. The van der Waals surface area contributed by atoms with E-state index in [1.54, 1.807) is 31.2 Å². The number of carbonyl (C=O) groups excluding carboxylic acids is 2. The highest BCUT2D eigenvalue weighted by molar-refractivity contribution is 5.92. The number of amides is 2. The molecule has 7 heteroatoms. The van der Waals surface area contributed by atoms with Crippen molar-refractivity contribution in [3.8, 4) is 5.75 Å². The van der Waals surface area contributed by atoms with Crippen LogP contribution in [0.15, 0.2) is 24.3 Å². The van der Waals surface area contributed by atoms with Crippen LogP contribution in [0.2, 0.25) is 0 Å². The van der Waals surface area contributed by atoms with E-state index in [1.807, 2.05) is 4.90 Å². The van der Waals surface area contributed by atoms with E-state index in [1.165, 1.54) is 0 Å². The summed E-state index contributed by atoms with van der Waals surface area (Å²) >= 11 is 0. The highest BCUT2D eigenvalue weighted by Crippen LogP contribution is 2.18. The maximum atomic E-state index is 11.9. The molecule has 1 aromatic carbocycles. The summed E-state index contributed by atoms with van der Waals surface area (Å²) in [6.07, 6.45) is 2.12. The Morgan fingerprint density at radius 3 is 2.70 bits per heavy atom. The van der Waals surface area contributed by atoms with Crippen LogP contribution in [-0.2, 0) is 9.59 Å². The van der Waals surface area contributed by atoms with Crippen LogP contribution >= 0.6 is 12.4 Å². The normalized spacial score (nSPS) is 14.8. The van der Waals surface area contributed by atoms with Crippen LogP contribution in [0.25, 0.3) is 0 Å². The molecule has 1 aliphatic rings. The number of nitrogens with one attached hydrogen (secondary N) is 1. The molecule has 1 aliphatic heterocycles. The maximum Gasteiger partial charge on any atom is 0.260 e. The predicted molar refractivity (Wildman–Crippen MR) is 91.8 cm³/mol. The molecule has 0 aliphatic carbocycles. The molecule has 1 heterocycles. The standard InChI is InChI=1S/C16H23N3O3.ClH/c1-12(10-17)16(21)18-13-5-4-6-14(9-13)22-11-15(20)19-7-2-3-8-19;/h4-6,9,12H,2-3,7-8,10-11,17H2,1H3,(H,18,21);1H. The van der Waals surface area contributed by atoms with Gasteiger partial charge in [-0.25, -0.2) is 0 Å². The van der Waals surface area contributed by atoms with E-state index < -0.39 is 0 Å². The first kappa shape index (κ1) is 19.3. The molecule has 1 fully saturated rings. The van der Waals surface area contributed by atoms with Gasteiger partial charge in [-0.3, -0.25) is 9.59 Å². The van der Waals surface area contributed by atoms with E-state index in [0.717, 1.165) is 25.9 Å². The number of benzene rings is 1. The maximum absolute atomic E-state index is 11.9. The first-order chi connectivity index (χ1) is 10.6. The molecule has 1 unspecified atom stereocenters. The van der Waals surface area contributed by atoms with Gasteiger partial charge < -0.3 is 20.7 Å². The number of carbonyl (C=O) groups is 2. The van der Waals surface area contributed by atoms with Crippen molar-refractivity contribution in [3.63, 3.8) is 0 Å². The van der Waals surface area contributed by atoms with E-state index in [4.69, 9.17) is 10.5 Å². The molecule has 1 saturated heterocycles. The summed E-state index contributed by atoms with van der Waals surface area (Å²) in [5.74, 6) is 0.184. The lowest BCUT2D eigenvalue weighted by molar-refractivity contribution is -0.132. The second kappa shape index (κ2) is 9.37. The van der Waals surface area contributed by atoms with Crippen molar-refractivity contribution < 1.29 is 14.3 Å². The summed E-state index contributed by atoms with van der Waals surface area (Å²) < 4.78 is 5.52. The lowest BCUT2D eigenvalue weighted by atomic mass is 10.1. The molecule has 0 radical (unpaired) electrons. The third kappa shape index (κ3) is 5.73. The molecule has 2 rings (SSSR count). The second-order valence-electron chi connectivity index (χ2n) is 5.53. The predicted octanol–water partition coefficient (Wildman–Crippen LogP) is 1.64. The van der Waals surface area contributed by atoms with Gasteiger partial charge in [0.25, 0.3) is 5.91 Å². The lowest BCUT2D eigenvalue weighted by Crippen LogP contribution is -2.32. The van der Waals surface area contributed by atoms with Gasteiger partial charge in [0, 0.05) is 37.3 Å². The zero-order valence-electron chi connectivity index (χ0n) is 13.3. The van der Waals surface area contributed by atoms with Gasteiger partial charge in [-0.1, -0.05) is 13.0 Å². The number of hydrogen-bond acceptors (Lipinski definition) is 4. The molecule has 3 N–H and O–H groups in total. The quantitative estimate of drug-likeness (QED) is 0.823. The second-order valence-corrected chi connectivity index (χ2v) is 5.53. The average molecular weight is 342 g/mol. The van der Waals surface area contributed by atoms with Crippen molar-refractivity contribution in [1.29, 1.82) is 0 Å². The van der Waals surface area contributed by atoms with Crippen molar-refractivity contribution >= 4 is 29.9 Å². The van der Waals surface area contributed by atoms with Crippen LogP contribution in [0.5, 0.6) is 5.75 Å². The van der Waals surface area contributed by atoms with Crippen molar-refractivity contribution in [2.75, 3.05) is 31.6 Å². The van der Waals surface area contributed by atoms with E-state index in [2.05, 4.69) is 5.32 Å². The number of anilines is 1. The lowest BCUT2D eigenvalue weighted by Gasteiger charge is -2.16. The summed E-state index contributed by atoms with van der Waals surface area (Å²) in [5, 5.41) is 2.78. The van der Waals surface area contributed by atoms with E-state index >= 15 is 0 Å². The molecular formula is C16H24ClN3O3. The molecule has 0 spiro atoms. The molecule has 2 amide bonds. The number of hydrogen-bond donors (Lipinski definition) is 2. The number of nitrogens with two attached hydrogens (primary N) is 1. The first-order valence-corrected chi connectivity index (χ1v) is 7.61. The Morgan fingerprint density at radius 1 is 1.35 bits per heavy atom. The first-order valence-electron chi connectivity index (χ1n) is 7.61. The Hall–Kier alpha value is -1.79. The monoisotopic (exact) mass is 341 g/mol. The molecule has 0 aromatic heterocycles. The minimum atomic E-state index is -0.249. The van der Waals surface area contributed by atoms with Gasteiger partial charge in [-0.05, 0) is 25.0 Å². The van der Waals surface area contributed by atoms with Crippen LogP contribution in [0.4, 0.5) is 5.69 Å². The van der Waals surface area contributed by atoms with E-state index in [-0.39, 0.29) is 36.7 Å². The zero-order chi connectivity index (χ0) is 15.9. The molecule has 0 bridgehead atoms. The fourth-order valence-electron chi connectivity index (χ4n) is 2.24. The number of ether oxygens (including phenoxy) is 1. The summed E-state index contributed by atoms with van der Waals surface area (Å²) in [4.78, 5) is 25.5. The minimum absolute atomic E-state index is 0. The molecule has 23 heavy (non-hydrogen) atoms. The molecular weight excluding hydrogens is 318 g/mol.